The molecule has 0 spiro atoms. The maximum absolute atomic E-state index is 6.73. The molecule has 116 valence electrons. The van der Waals surface area contributed by atoms with Crippen molar-refractivity contribution < 1.29 is 0 Å². The van der Waals surface area contributed by atoms with E-state index in [9.17, 15) is 0 Å². The predicted molar refractivity (Wildman–Crippen MR) is 90.2 cm³/mol. The van der Waals surface area contributed by atoms with E-state index in [1.165, 1.54) is 77.0 Å². The Bertz CT molecular complexity index is 186. The number of unbranched alkanes of at least 4 members (excludes halogenated alkanes) is 8. The Hall–Kier alpha value is 0.290. The van der Waals surface area contributed by atoms with Gasteiger partial charge in [0.05, 0.1) is 0 Å². The number of halogens is 1. The van der Waals surface area contributed by atoms with Crippen LogP contribution < -0.4 is 0 Å². The predicted octanol–water partition coefficient (Wildman–Crippen LogP) is 7.34. The number of alkyl halides is 1. The topological polar surface area (TPSA) is 0 Å². The van der Waals surface area contributed by atoms with E-state index in [-0.39, 0.29) is 4.87 Å². The van der Waals surface area contributed by atoms with Crippen molar-refractivity contribution in [1.82, 2.24) is 0 Å². The summed E-state index contributed by atoms with van der Waals surface area (Å²) in [6, 6.07) is 0. The second kappa shape index (κ2) is 12.1. The molecule has 2 atom stereocenters. The maximum Gasteiger partial charge on any atom is 0.0444 e. The third-order valence-electron chi connectivity index (χ3n) is 4.54. The molecule has 0 nitrogen and oxygen atoms in total. The zero-order chi connectivity index (χ0) is 14.6. The van der Waals surface area contributed by atoms with Gasteiger partial charge in [0.1, 0.15) is 0 Å². The van der Waals surface area contributed by atoms with E-state index in [2.05, 4.69) is 27.7 Å². The highest BCUT2D eigenvalue weighted by Crippen LogP contribution is 2.34. The van der Waals surface area contributed by atoms with Gasteiger partial charge >= 0.3 is 0 Å². The lowest BCUT2D eigenvalue weighted by Gasteiger charge is -2.29. The van der Waals surface area contributed by atoms with Crippen molar-refractivity contribution in [3.63, 3.8) is 0 Å². The molecule has 0 aromatic rings. The first-order valence-electron chi connectivity index (χ1n) is 8.73. The van der Waals surface area contributed by atoms with Gasteiger partial charge in [-0.1, -0.05) is 85.0 Å². The van der Waals surface area contributed by atoms with E-state index in [4.69, 9.17) is 11.6 Å². The van der Waals surface area contributed by atoms with E-state index >= 15 is 0 Å². The fourth-order valence-corrected chi connectivity index (χ4v) is 2.92. The SMILES string of the molecule is CCCCCCCCC(C)C(C)(Cl)CCCCCC. The van der Waals surface area contributed by atoms with Crippen molar-refractivity contribution in [3.8, 4) is 0 Å². The van der Waals surface area contributed by atoms with Crippen LogP contribution in [-0.2, 0) is 0 Å². The van der Waals surface area contributed by atoms with Crippen LogP contribution in [0.5, 0.6) is 0 Å². The van der Waals surface area contributed by atoms with Crippen molar-refractivity contribution in [2.45, 2.75) is 110 Å². The second-order valence-electron chi connectivity index (χ2n) is 6.55. The standard InChI is InChI=1S/C18H37Cl/c1-5-7-9-11-12-13-15-17(3)18(4,19)16-14-10-8-6-2/h17H,5-16H2,1-4H3. The van der Waals surface area contributed by atoms with E-state index < -0.39 is 0 Å². The first-order chi connectivity index (χ1) is 9.04. The zero-order valence-corrected chi connectivity index (χ0v) is 14.7. The first-order valence-corrected chi connectivity index (χ1v) is 9.11. The van der Waals surface area contributed by atoms with E-state index in [1.54, 1.807) is 0 Å². The molecular weight excluding hydrogens is 252 g/mol. The summed E-state index contributed by atoms with van der Waals surface area (Å²) in [4.78, 5) is 0.0250. The average Bonchev–Trinajstić information content (AvgIpc) is 2.38. The summed E-state index contributed by atoms with van der Waals surface area (Å²) in [5.74, 6) is 0.655. The molecule has 2 unspecified atom stereocenters. The van der Waals surface area contributed by atoms with E-state index in [0.717, 1.165) is 0 Å². The lowest BCUT2D eigenvalue weighted by molar-refractivity contribution is 0.351. The van der Waals surface area contributed by atoms with Crippen molar-refractivity contribution in [1.29, 1.82) is 0 Å². The van der Waals surface area contributed by atoms with Gasteiger partial charge in [-0.15, -0.1) is 11.6 Å². The first kappa shape index (κ1) is 19.3. The van der Waals surface area contributed by atoms with Gasteiger partial charge in [0.15, 0.2) is 0 Å². The van der Waals surface area contributed by atoms with Crippen LogP contribution in [0.3, 0.4) is 0 Å². The van der Waals surface area contributed by atoms with Crippen molar-refractivity contribution in [3.05, 3.63) is 0 Å². The van der Waals surface area contributed by atoms with Gasteiger partial charge in [0.25, 0.3) is 0 Å². The molecule has 0 N–H and O–H groups in total. The average molecular weight is 289 g/mol. The molecule has 0 saturated carbocycles. The fraction of sp³-hybridized carbons (Fsp3) is 1.00. The van der Waals surface area contributed by atoms with Crippen molar-refractivity contribution in [2.24, 2.45) is 5.92 Å². The highest BCUT2D eigenvalue weighted by molar-refractivity contribution is 6.23. The summed E-state index contributed by atoms with van der Waals surface area (Å²) >= 11 is 6.73. The lowest BCUT2D eigenvalue weighted by Crippen LogP contribution is -2.26. The van der Waals surface area contributed by atoms with Gasteiger partial charge in [-0.2, -0.15) is 0 Å². The van der Waals surface area contributed by atoms with Crippen LogP contribution in [0.1, 0.15) is 105 Å². The maximum atomic E-state index is 6.73. The summed E-state index contributed by atoms with van der Waals surface area (Å²) in [6.07, 6.45) is 16.1. The van der Waals surface area contributed by atoms with Gasteiger partial charge in [-0.05, 0) is 25.7 Å². The minimum absolute atomic E-state index is 0.0250. The number of rotatable bonds is 13. The summed E-state index contributed by atoms with van der Waals surface area (Å²) in [5, 5.41) is 0. The highest BCUT2D eigenvalue weighted by atomic mass is 35.5. The zero-order valence-electron chi connectivity index (χ0n) is 13.9. The van der Waals surface area contributed by atoms with Gasteiger partial charge in [0, 0.05) is 4.87 Å². The van der Waals surface area contributed by atoms with Gasteiger partial charge < -0.3 is 0 Å². The Morgan fingerprint density at radius 3 is 1.84 bits per heavy atom. The van der Waals surface area contributed by atoms with Crippen LogP contribution in [0.15, 0.2) is 0 Å². The Kier molecular flexibility index (Phi) is 12.2. The molecule has 0 amide bonds. The number of hydrogen-bond donors (Lipinski definition) is 0. The third kappa shape index (κ3) is 10.7. The summed E-state index contributed by atoms with van der Waals surface area (Å²) in [6.45, 7) is 9.14. The molecule has 0 rings (SSSR count). The summed E-state index contributed by atoms with van der Waals surface area (Å²) in [7, 11) is 0. The smallest absolute Gasteiger partial charge is 0.0444 e. The molecule has 0 aliphatic heterocycles. The molecule has 0 radical (unpaired) electrons. The summed E-state index contributed by atoms with van der Waals surface area (Å²) in [5.41, 5.74) is 0. The Morgan fingerprint density at radius 1 is 0.789 bits per heavy atom. The molecule has 0 heterocycles. The fourth-order valence-electron chi connectivity index (χ4n) is 2.68. The molecule has 1 heteroatoms. The third-order valence-corrected chi connectivity index (χ3v) is 5.10. The Morgan fingerprint density at radius 2 is 1.26 bits per heavy atom. The highest BCUT2D eigenvalue weighted by Gasteiger charge is 2.27. The minimum atomic E-state index is 0.0250. The van der Waals surface area contributed by atoms with Crippen molar-refractivity contribution in [2.75, 3.05) is 0 Å². The normalized spacial score (nSPS) is 16.3. The van der Waals surface area contributed by atoms with Crippen LogP contribution in [-0.4, -0.2) is 4.87 Å². The van der Waals surface area contributed by atoms with Crippen LogP contribution >= 0.6 is 11.6 Å². The van der Waals surface area contributed by atoms with Crippen LogP contribution in [0.4, 0.5) is 0 Å². The monoisotopic (exact) mass is 288 g/mol. The second-order valence-corrected chi connectivity index (χ2v) is 7.41. The molecule has 0 aliphatic rings. The quantitative estimate of drug-likeness (QED) is 0.246. The van der Waals surface area contributed by atoms with Gasteiger partial charge in [-0.3, -0.25) is 0 Å². The van der Waals surface area contributed by atoms with Crippen LogP contribution in [0.25, 0.3) is 0 Å². The molecule has 19 heavy (non-hydrogen) atoms. The Balaban J connectivity index is 3.62. The molecule has 0 fully saturated rings. The van der Waals surface area contributed by atoms with Crippen molar-refractivity contribution >= 4 is 11.6 Å². The Labute approximate surface area is 127 Å². The van der Waals surface area contributed by atoms with Gasteiger partial charge in [-0.25, -0.2) is 0 Å². The summed E-state index contributed by atoms with van der Waals surface area (Å²) < 4.78 is 0. The lowest BCUT2D eigenvalue weighted by atomic mass is 9.86. The largest absolute Gasteiger partial charge is 0.119 e. The molecular formula is C18H37Cl. The van der Waals surface area contributed by atoms with Crippen LogP contribution in [0, 0.1) is 5.92 Å². The van der Waals surface area contributed by atoms with Gasteiger partial charge in [0.2, 0.25) is 0 Å². The minimum Gasteiger partial charge on any atom is -0.119 e. The van der Waals surface area contributed by atoms with E-state index in [0.29, 0.717) is 5.92 Å². The number of hydrogen-bond acceptors (Lipinski definition) is 0. The molecule has 0 saturated heterocycles. The molecule has 0 aromatic heterocycles. The van der Waals surface area contributed by atoms with E-state index in [1.807, 2.05) is 0 Å². The molecule has 0 bridgehead atoms. The van der Waals surface area contributed by atoms with Crippen LogP contribution in [0.2, 0.25) is 0 Å². The molecule has 0 aromatic carbocycles. The molecule has 0 aliphatic carbocycles.